The van der Waals surface area contributed by atoms with Crippen LogP contribution in [0.3, 0.4) is 0 Å². The molecule has 0 bridgehead atoms. The zero-order chi connectivity index (χ0) is 11.7. The molecule has 3 rings (SSSR count). The highest BCUT2D eigenvalue weighted by Gasteiger charge is 2.12. The number of aryl methyl sites for hydroxylation is 1. The van der Waals surface area contributed by atoms with Crippen LogP contribution in [0.1, 0.15) is 11.1 Å². The topological polar surface area (TPSA) is 15.3 Å². The number of rotatable bonds is 2. The lowest BCUT2D eigenvalue weighted by molar-refractivity contribution is 0.234. The van der Waals surface area contributed by atoms with Gasteiger partial charge in [0.15, 0.2) is 0 Å². The molecule has 0 saturated carbocycles. The van der Waals surface area contributed by atoms with Crippen LogP contribution >= 0.6 is 11.3 Å². The van der Waals surface area contributed by atoms with Gasteiger partial charge in [-0.1, -0.05) is 18.2 Å². The molecule has 1 aromatic heterocycles. The lowest BCUT2D eigenvalue weighted by Crippen LogP contribution is -2.42. The van der Waals surface area contributed by atoms with Gasteiger partial charge in [0.05, 0.1) is 0 Å². The van der Waals surface area contributed by atoms with Crippen LogP contribution in [0, 0.1) is 6.92 Å². The van der Waals surface area contributed by atoms with Gasteiger partial charge < -0.3 is 5.32 Å². The Labute approximate surface area is 106 Å². The molecule has 0 aliphatic carbocycles. The van der Waals surface area contributed by atoms with Gasteiger partial charge in [-0.25, -0.2) is 0 Å². The molecule has 1 aliphatic rings. The molecule has 1 saturated heterocycles. The zero-order valence-electron chi connectivity index (χ0n) is 10.2. The minimum atomic E-state index is 1.10. The molecule has 1 aromatic carbocycles. The van der Waals surface area contributed by atoms with Gasteiger partial charge in [0.2, 0.25) is 0 Å². The molecule has 2 aromatic rings. The highest BCUT2D eigenvalue weighted by atomic mass is 32.1. The smallest absolute Gasteiger partial charge is 0.0375 e. The van der Waals surface area contributed by atoms with E-state index in [1.807, 2.05) is 11.3 Å². The van der Waals surface area contributed by atoms with E-state index in [-0.39, 0.29) is 0 Å². The summed E-state index contributed by atoms with van der Waals surface area (Å²) in [5.41, 5.74) is 2.90. The molecule has 0 atom stereocenters. The monoisotopic (exact) mass is 246 g/mol. The highest BCUT2D eigenvalue weighted by Crippen LogP contribution is 2.29. The fourth-order valence-electron chi connectivity index (χ4n) is 2.49. The average Bonchev–Trinajstić information content (AvgIpc) is 2.76. The van der Waals surface area contributed by atoms with Crippen LogP contribution < -0.4 is 5.32 Å². The number of thiophene rings is 1. The number of fused-ring (bicyclic) bond motifs is 1. The quantitative estimate of drug-likeness (QED) is 0.876. The molecule has 0 spiro atoms. The van der Waals surface area contributed by atoms with Crippen LogP contribution in [-0.4, -0.2) is 31.1 Å². The maximum atomic E-state index is 3.40. The number of nitrogens with one attached hydrogen (secondary N) is 1. The van der Waals surface area contributed by atoms with Gasteiger partial charge >= 0.3 is 0 Å². The first-order valence-electron chi connectivity index (χ1n) is 6.23. The summed E-state index contributed by atoms with van der Waals surface area (Å²) in [5, 5.41) is 7.19. The molecule has 0 amide bonds. The molecule has 0 unspecified atom stereocenters. The Morgan fingerprint density at radius 2 is 2.12 bits per heavy atom. The van der Waals surface area contributed by atoms with Gasteiger partial charge in [-0.3, -0.25) is 4.90 Å². The van der Waals surface area contributed by atoms with E-state index >= 15 is 0 Å². The van der Waals surface area contributed by atoms with Gasteiger partial charge in [-0.05, 0) is 28.8 Å². The lowest BCUT2D eigenvalue weighted by atomic mass is 10.1. The molecule has 1 aliphatic heterocycles. The predicted octanol–water partition coefficient (Wildman–Crippen LogP) is 2.61. The molecule has 17 heavy (non-hydrogen) atoms. The van der Waals surface area contributed by atoms with E-state index in [0.717, 1.165) is 19.6 Å². The van der Waals surface area contributed by atoms with Crippen LogP contribution in [0.4, 0.5) is 0 Å². The van der Waals surface area contributed by atoms with Crippen molar-refractivity contribution in [3.63, 3.8) is 0 Å². The Hall–Kier alpha value is -0.900. The lowest BCUT2D eigenvalue weighted by Gasteiger charge is -2.26. The van der Waals surface area contributed by atoms with Crippen LogP contribution in [0.15, 0.2) is 23.6 Å². The number of nitrogens with zero attached hydrogens (tertiary/aromatic N) is 1. The Morgan fingerprint density at radius 3 is 2.94 bits per heavy atom. The standard InChI is InChI=1S/C14H18N2S/c1-11-3-2-4-13-12(10-17-14(11)13)9-16-7-5-15-6-8-16/h2-4,10,15H,5-9H2,1H3. The van der Waals surface area contributed by atoms with Crippen LogP contribution in [0.25, 0.3) is 10.1 Å². The fourth-order valence-corrected chi connectivity index (χ4v) is 3.53. The minimum Gasteiger partial charge on any atom is -0.314 e. The fraction of sp³-hybridized carbons (Fsp3) is 0.429. The van der Waals surface area contributed by atoms with Crippen molar-refractivity contribution in [2.45, 2.75) is 13.5 Å². The number of hydrogen-bond donors (Lipinski definition) is 1. The first-order valence-corrected chi connectivity index (χ1v) is 7.11. The number of benzene rings is 1. The summed E-state index contributed by atoms with van der Waals surface area (Å²) in [5.74, 6) is 0. The number of hydrogen-bond acceptors (Lipinski definition) is 3. The molecular weight excluding hydrogens is 228 g/mol. The van der Waals surface area contributed by atoms with Gasteiger partial charge in [0.1, 0.15) is 0 Å². The summed E-state index contributed by atoms with van der Waals surface area (Å²) in [4.78, 5) is 2.54. The third-order valence-corrected chi connectivity index (χ3v) is 4.66. The van der Waals surface area contributed by atoms with E-state index in [0.29, 0.717) is 0 Å². The molecular formula is C14H18N2S. The van der Waals surface area contributed by atoms with E-state index in [4.69, 9.17) is 0 Å². The van der Waals surface area contributed by atoms with Crippen molar-refractivity contribution in [2.24, 2.45) is 0 Å². The summed E-state index contributed by atoms with van der Waals surface area (Å²) in [6.45, 7) is 7.90. The first-order chi connectivity index (χ1) is 8.34. The average molecular weight is 246 g/mol. The molecule has 3 heteroatoms. The normalized spacial score (nSPS) is 17.7. The van der Waals surface area contributed by atoms with E-state index < -0.39 is 0 Å². The van der Waals surface area contributed by atoms with E-state index in [1.165, 1.54) is 34.3 Å². The van der Waals surface area contributed by atoms with Crippen molar-refractivity contribution < 1.29 is 0 Å². The summed E-state index contributed by atoms with van der Waals surface area (Å²) >= 11 is 1.89. The maximum absolute atomic E-state index is 3.40. The second-order valence-electron chi connectivity index (χ2n) is 4.74. The third kappa shape index (κ3) is 2.23. The first kappa shape index (κ1) is 11.2. The van der Waals surface area contributed by atoms with Crippen molar-refractivity contribution in [1.29, 1.82) is 0 Å². The summed E-state index contributed by atoms with van der Waals surface area (Å²) in [6.07, 6.45) is 0. The van der Waals surface area contributed by atoms with E-state index in [1.54, 1.807) is 0 Å². The molecule has 2 heterocycles. The number of piperazine rings is 1. The van der Waals surface area contributed by atoms with Crippen LogP contribution in [0.5, 0.6) is 0 Å². The molecule has 1 N–H and O–H groups in total. The molecule has 0 radical (unpaired) electrons. The Balaban J connectivity index is 1.87. The SMILES string of the molecule is Cc1cccc2c(CN3CCNCC3)csc12. The summed E-state index contributed by atoms with van der Waals surface area (Å²) < 4.78 is 1.46. The molecule has 2 nitrogen and oxygen atoms in total. The van der Waals surface area contributed by atoms with E-state index in [9.17, 15) is 0 Å². The predicted molar refractivity (Wildman–Crippen MR) is 74.7 cm³/mol. The Bertz CT molecular complexity index is 512. The van der Waals surface area contributed by atoms with Gasteiger partial charge in [0.25, 0.3) is 0 Å². The zero-order valence-corrected chi connectivity index (χ0v) is 11.0. The minimum absolute atomic E-state index is 1.10. The highest BCUT2D eigenvalue weighted by molar-refractivity contribution is 7.17. The summed E-state index contributed by atoms with van der Waals surface area (Å²) in [7, 11) is 0. The summed E-state index contributed by atoms with van der Waals surface area (Å²) in [6, 6.07) is 6.63. The van der Waals surface area contributed by atoms with Gasteiger partial charge in [-0.15, -0.1) is 11.3 Å². The van der Waals surface area contributed by atoms with Crippen molar-refractivity contribution in [2.75, 3.05) is 26.2 Å². The van der Waals surface area contributed by atoms with E-state index in [2.05, 4.69) is 40.7 Å². The van der Waals surface area contributed by atoms with Crippen molar-refractivity contribution in [3.8, 4) is 0 Å². The van der Waals surface area contributed by atoms with Crippen molar-refractivity contribution in [1.82, 2.24) is 10.2 Å². The Morgan fingerprint density at radius 1 is 1.29 bits per heavy atom. The maximum Gasteiger partial charge on any atom is 0.0375 e. The third-order valence-electron chi connectivity index (χ3n) is 3.48. The molecule has 90 valence electrons. The van der Waals surface area contributed by atoms with Crippen molar-refractivity contribution in [3.05, 3.63) is 34.7 Å². The van der Waals surface area contributed by atoms with Crippen molar-refractivity contribution >= 4 is 21.4 Å². The van der Waals surface area contributed by atoms with Gasteiger partial charge in [-0.2, -0.15) is 0 Å². The van der Waals surface area contributed by atoms with Crippen LogP contribution in [0.2, 0.25) is 0 Å². The molecule has 1 fully saturated rings. The largest absolute Gasteiger partial charge is 0.314 e. The van der Waals surface area contributed by atoms with Gasteiger partial charge in [0, 0.05) is 37.4 Å². The second kappa shape index (κ2) is 4.77. The van der Waals surface area contributed by atoms with Crippen LogP contribution in [-0.2, 0) is 6.54 Å². The second-order valence-corrected chi connectivity index (χ2v) is 5.62. The Kier molecular flexibility index (Phi) is 3.14.